The van der Waals surface area contributed by atoms with Crippen LogP contribution in [0, 0.1) is 6.92 Å². The number of aryl methyl sites for hydroxylation is 1. The molecule has 0 heterocycles. The number of phenolic OH excluding ortho intramolecular Hbond substituents is 1. The maximum absolute atomic E-state index is 9.61. The van der Waals surface area contributed by atoms with E-state index < -0.39 is 0 Å². The van der Waals surface area contributed by atoms with E-state index in [1.54, 1.807) is 18.3 Å². The van der Waals surface area contributed by atoms with Gasteiger partial charge in [-0.3, -0.25) is 5.43 Å². The predicted molar refractivity (Wildman–Crippen MR) is 85.9 cm³/mol. The molecule has 0 aliphatic rings. The molecule has 0 saturated heterocycles. The Hall–Kier alpha value is -1.33. The highest BCUT2D eigenvalue weighted by Crippen LogP contribution is 2.32. The molecular weight excluding hydrogens is 372 g/mol. The Morgan fingerprint density at radius 1 is 1.11 bits per heavy atom. The smallest absolute Gasteiger partial charge is 0.143 e. The average molecular weight is 384 g/mol. The number of hydrogen-bond acceptors (Lipinski definition) is 3. The first-order valence-electron chi connectivity index (χ1n) is 5.60. The van der Waals surface area contributed by atoms with E-state index in [9.17, 15) is 5.11 Å². The molecule has 2 aromatic carbocycles. The second kappa shape index (κ2) is 6.21. The second-order valence-electron chi connectivity index (χ2n) is 4.07. The molecule has 5 heteroatoms. The number of rotatable bonds is 3. The van der Waals surface area contributed by atoms with Crippen LogP contribution in [0.5, 0.6) is 5.75 Å². The summed E-state index contributed by atoms with van der Waals surface area (Å²) in [4.78, 5) is 0. The SMILES string of the molecule is Cc1ccc(N/N=C/c2cc(Br)c(O)c(Br)c2)cc1. The Labute approximate surface area is 128 Å². The van der Waals surface area contributed by atoms with Gasteiger partial charge in [-0.25, -0.2) is 0 Å². The van der Waals surface area contributed by atoms with Crippen LogP contribution in [0.15, 0.2) is 50.4 Å². The van der Waals surface area contributed by atoms with Crippen molar-refractivity contribution in [3.63, 3.8) is 0 Å². The van der Waals surface area contributed by atoms with Crippen molar-refractivity contribution in [2.75, 3.05) is 5.43 Å². The summed E-state index contributed by atoms with van der Waals surface area (Å²) in [6, 6.07) is 11.6. The quantitative estimate of drug-likeness (QED) is 0.597. The van der Waals surface area contributed by atoms with E-state index in [0.717, 1.165) is 11.3 Å². The van der Waals surface area contributed by atoms with Gasteiger partial charge in [-0.1, -0.05) is 17.7 Å². The number of anilines is 1. The highest BCUT2D eigenvalue weighted by molar-refractivity contribution is 9.11. The van der Waals surface area contributed by atoms with Crippen molar-refractivity contribution >= 4 is 43.8 Å². The first kappa shape index (κ1) is 14.1. The van der Waals surface area contributed by atoms with Crippen molar-refractivity contribution in [2.24, 2.45) is 5.10 Å². The van der Waals surface area contributed by atoms with E-state index in [0.29, 0.717) is 8.95 Å². The summed E-state index contributed by atoms with van der Waals surface area (Å²) in [5.41, 5.74) is 5.96. The third-order valence-corrected chi connectivity index (χ3v) is 3.71. The molecule has 98 valence electrons. The molecule has 0 saturated carbocycles. The summed E-state index contributed by atoms with van der Waals surface area (Å²) in [5.74, 6) is 0.184. The Bertz CT molecular complexity index is 586. The zero-order valence-corrected chi connectivity index (χ0v) is 13.4. The average Bonchev–Trinajstić information content (AvgIpc) is 2.38. The molecule has 0 aliphatic heterocycles. The van der Waals surface area contributed by atoms with Crippen LogP contribution < -0.4 is 5.43 Å². The molecular formula is C14H12Br2N2O. The number of phenols is 1. The van der Waals surface area contributed by atoms with Gasteiger partial charge in [0.25, 0.3) is 0 Å². The van der Waals surface area contributed by atoms with Gasteiger partial charge >= 0.3 is 0 Å². The van der Waals surface area contributed by atoms with Crippen LogP contribution in [0.4, 0.5) is 5.69 Å². The van der Waals surface area contributed by atoms with E-state index in [2.05, 4.69) is 42.4 Å². The molecule has 2 rings (SSSR count). The Kier molecular flexibility index (Phi) is 4.61. The molecule has 0 spiro atoms. The van der Waals surface area contributed by atoms with Crippen LogP contribution in [-0.4, -0.2) is 11.3 Å². The number of halogens is 2. The van der Waals surface area contributed by atoms with Gasteiger partial charge in [0.15, 0.2) is 0 Å². The Morgan fingerprint density at radius 2 is 1.68 bits per heavy atom. The molecule has 0 amide bonds. The lowest BCUT2D eigenvalue weighted by molar-refractivity contribution is 0.468. The van der Waals surface area contributed by atoms with Crippen molar-refractivity contribution < 1.29 is 5.11 Å². The third-order valence-electron chi connectivity index (χ3n) is 2.50. The normalized spacial score (nSPS) is 10.9. The number of nitrogens with zero attached hydrogens (tertiary/aromatic N) is 1. The fourth-order valence-electron chi connectivity index (χ4n) is 1.47. The monoisotopic (exact) mass is 382 g/mol. The molecule has 2 N–H and O–H groups in total. The lowest BCUT2D eigenvalue weighted by Crippen LogP contribution is -1.91. The molecule has 3 nitrogen and oxygen atoms in total. The number of nitrogens with one attached hydrogen (secondary N) is 1. The maximum atomic E-state index is 9.61. The van der Waals surface area contributed by atoms with Gasteiger partial charge < -0.3 is 5.11 Å². The number of benzene rings is 2. The van der Waals surface area contributed by atoms with Crippen molar-refractivity contribution in [3.8, 4) is 5.75 Å². The number of hydrazone groups is 1. The first-order chi connectivity index (χ1) is 9.06. The van der Waals surface area contributed by atoms with Crippen molar-refractivity contribution in [3.05, 3.63) is 56.5 Å². The van der Waals surface area contributed by atoms with Crippen molar-refractivity contribution in [2.45, 2.75) is 6.92 Å². The van der Waals surface area contributed by atoms with Crippen LogP contribution in [-0.2, 0) is 0 Å². The molecule has 2 aromatic rings. The second-order valence-corrected chi connectivity index (χ2v) is 5.78. The van der Waals surface area contributed by atoms with Crippen LogP contribution >= 0.6 is 31.9 Å². The van der Waals surface area contributed by atoms with Gasteiger partial charge in [0.05, 0.1) is 20.8 Å². The Balaban J connectivity index is 2.09. The van der Waals surface area contributed by atoms with E-state index in [-0.39, 0.29) is 5.75 Å². The van der Waals surface area contributed by atoms with Gasteiger partial charge in [0, 0.05) is 0 Å². The fraction of sp³-hybridized carbons (Fsp3) is 0.0714. The molecule has 0 fully saturated rings. The predicted octanol–water partition coefficient (Wildman–Crippen LogP) is 4.67. The van der Waals surface area contributed by atoms with Gasteiger partial charge in [-0.2, -0.15) is 5.10 Å². The molecule has 19 heavy (non-hydrogen) atoms. The highest BCUT2D eigenvalue weighted by Gasteiger charge is 2.04. The topological polar surface area (TPSA) is 44.6 Å². The number of hydrogen-bond donors (Lipinski definition) is 2. The zero-order chi connectivity index (χ0) is 13.8. The van der Waals surface area contributed by atoms with Crippen LogP contribution in [0.2, 0.25) is 0 Å². The summed E-state index contributed by atoms with van der Waals surface area (Å²) < 4.78 is 1.25. The van der Waals surface area contributed by atoms with Gasteiger partial charge in [-0.05, 0) is 68.6 Å². The summed E-state index contributed by atoms with van der Waals surface area (Å²) in [5, 5.41) is 13.8. The van der Waals surface area contributed by atoms with Crippen molar-refractivity contribution in [1.29, 1.82) is 0 Å². The lowest BCUT2D eigenvalue weighted by Gasteiger charge is -2.03. The largest absolute Gasteiger partial charge is 0.506 e. The van der Waals surface area contributed by atoms with Crippen molar-refractivity contribution in [1.82, 2.24) is 0 Å². The molecule has 0 aromatic heterocycles. The minimum atomic E-state index is 0.184. The van der Waals surface area contributed by atoms with Crippen LogP contribution in [0.1, 0.15) is 11.1 Å². The summed E-state index contributed by atoms with van der Waals surface area (Å²) in [7, 11) is 0. The molecule has 0 unspecified atom stereocenters. The summed E-state index contributed by atoms with van der Waals surface area (Å²) >= 11 is 6.56. The molecule has 0 radical (unpaired) electrons. The van der Waals surface area contributed by atoms with E-state index >= 15 is 0 Å². The van der Waals surface area contributed by atoms with E-state index in [4.69, 9.17) is 0 Å². The van der Waals surface area contributed by atoms with E-state index in [1.165, 1.54) is 5.56 Å². The van der Waals surface area contributed by atoms with E-state index in [1.807, 2.05) is 31.2 Å². The third kappa shape index (κ3) is 3.81. The number of aromatic hydroxyl groups is 1. The van der Waals surface area contributed by atoms with Crippen LogP contribution in [0.3, 0.4) is 0 Å². The molecule has 0 bridgehead atoms. The molecule has 0 atom stereocenters. The minimum Gasteiger partial charge on any atom is -0.506 e. The van der Waals surface area contributed by atoms with Gasteiger partial charge in [-0.15, -0.1) is 0 Å². The summed E-state index contributed by atoms with van der Waals surface area (Å²) in [6.07, 6.45) is 1.69. The highest BCUT2D eigenvalue weighted by atomic mass is 79.9. The van der Waals surface area contributed by atoms with Gasteiger partial charge in [0.2, 0.25) is 0 Å². The maximum Gasteiger partial charge on any atom is 0.143 e. The first-order valence-corrected chi connectivity index (χ1v) is 7.18. The van der Waals surface area contributed by atoms with Crippen LogP contribution in [0.25, 0.3) is 0 Å². The Morgan fingerprint density at radius 3 is 2.26 bits per heavy atom. The standard InChI is InChI=1S/C14H12Br2N2O/c1-9-2-4-11(5-3-9)18-17-8-10-6-12(15)14(19)13(16)7-10/h2-8,18-19H,1H3/b17-8+. The fourth-order valence-corrected chi connectivity index (χ4v) is 2.69. The summed E-state index contributed by atoms with van der Waals surface area (Å²) in [6.45, 7) is 2.04. The van der Waals surface area contributed by atoms with Gasteiger partial charge in [0.1, 0.15) is 5.75 Å². The lowest BCUT2D eigenvalue weighted by atomic mass is 10.2. The molecule has 0 aliphatic carbocycles. The zero-order valence-electron chi connectivity index (χ0n) is 10.2. The minimum absolute atomic E-state index is 0.184.